The Morgan fingerprint density at radius 3 is 2.45 bits per heavy atom. The SMILES string of the molecule is COc1cc2c(cc1OCc1ccccc1)C[N+](C)(Cc1cnc3ccccc3c1)CC2.[Br-]. The minimum atomic E-state index is 0. The van der Waals surface area contributed by atoms with Crippen molar-refractivity contribution in [3.8, 4) is 11.5 Å². The lowest BCUT2D eigenvalue weighted by Crippen LogP contribution is -3.00. The number of methoxy groups -OCH3 is 1. The van der Waals surface area contributed by atoms with Crippen LogP contribution in [0.15, 0.2) is 79.0 Å². The Balaban J connectivity index is 0.00000259. The number of hydrogen-bond donors (Lipinski definition) is 0. The summed E-state index contributed by atoms with van der Waals surface area (Å²) in [6.45, 7) is 3.55. The highest BCUT2D eigenvalue weighted by Crippen LogP contribution is 2.36. The molecule has 0 radical (unpaired) electrons. The van der Waals surface area contributed by atoms with Crippen molar-refractivity contribution in [3.63, 3.8) is 0 Å². The van der Waals surface area contributed by atoms with E-state index < -0.39 is 0 Å². The van der Waals surface area contributed by atoms with Crippen LogP contribution in [-0.4, -0.2) is 30.2 Å². The molecule has 0 N–H and O–H groups in total. The maximum absolute atomic E-state index is 6.17. The van der Waals surface area contributed by atoms with E-state index in [-0.39, 0.29) is 17.0 Å². The molecule has 3 aromatic carbocycles. The molecule has 0 amide bonds. The molecule has 5 heteroatoms. The Morgan fingerprint density at radius 2 is 1.64 bits per heavy atom. The van der Waals surface area contributed by atoms with Crippen molar-refractivity contribution in [1.29, 1.82) is 0 Å². The Bertz CT molecular complexity index is 1250. The maximum Gasteiger partial charge on any atom is 0.162 e. The number of pyridine rings is 1. The summed E-state index contributed by atoms with van der Waals surface area (Å²) >= 11 is 0. The number of fused-ring (bicyclic) bond motifs is 2. The fourth-order valence-corrected chi connectivity index (χ4v) is 4.69. The minimum Gasteiger partial charge on any atom is -1.00 e. The first kappa shape index (κ1) is 23.3. The Morgan fingerprint density at radius 1 is 0.879 bits per heavy atom. The molecular weight excluding hydrogens is 476 g/mol. The van der Waals surface area contributed by atoms with Crippen LogP contribution in [-0.2, 0) is 26.1 Å². The molecule has 0 bridgehead atoms. The third kappa shape index (κ3) is 5.21. The van der Waals surface area contributed by atoms with Crippen LogP contribution in [0.1, 0.15) is 22.3 Å². The van der Waals surface area contributed by atoms with Crippen LogP contribution >= 0.6 is 0 Å². The Hall–Kier alpha value is -2.89. The van der Waals surface area contributed by atoms with Crippen molar-refractivity contribution < 1.29 is 30.9 Å². The van der Waals surface area contributed by atoms with E-state index in [1.807, 2.05) is 30.5 Å². The Kier molecular flexibility index (Phi) is 7.01. The molecule has 33 heavy (non-hydrogen) atoms. The van der Waals surface area contributed by atoms with Crippen LogP contribution in [0, 0.1) is 0 Å². The molecule has 1 atom stereocenters. The van der Waals surface area contributed by atoms with Gasteiger partial charge in [-0.2, -0.15) is 0 Å². The number of hydrogen-bond acceptors (Lipinski definition) is 3. The second-order valence-corrected chi connectivity index (χ2v) is 8.99. The van der Waals surface area contributed by atoms with E-state index in [0.717, 1.165) is 53.1 Å². The molecule has 0 spiro atoms. The summed E-state index contributed by atoms with van der Waals surface area (Å²) < 4.78 is 12.8. The summed E-state index contributed by atoms with van der Waals surface area (Å²) in [5.41, 5.74) is 6.19. The highest BCUT2D eigenvalue weighted by Gasteiger charge is 2.30. The van der Waals surface area contributed by atoms with Crippen LogP contribution in [0.2, 0.25) is 0 Å². The van der Waals surface area contributed by atoms with Gasteiger partial charge in [-0.05, 0) is 35.4 Å². The average molecular weight is 505 g/mol. The maximum atomic E-state index is 6.17. The zero-order valence-corrected chi connectivity index (χ0v) is 20.7. The summed E-state index contributed by atoms with van der Waals surface area (Å²) in [5, 5.41) is 1.20. The molecule has 0 saturated carbocycles. The van der Waals surface area contributed by atoms with E-state index in [4.69, 9.17) is 9.47 Å². The van der Waals surface area contributed by atoms with Gasteiger partial charge in [0.05, 0.1) is 26.2 Å². The van der Waals surface area contributed by atoms with Gasteiger partial charge in [0.15, 0.2) is 11.5 Å². The highest BCUT2D eigenvalue weighted by molar-refractivity contribution is 5.78. The van der Waals surface area contributed by atoms with Crippen molar-refractivity contribution in [2.45, 2.75) is 26.1 Å². The molecule has 1 aliphatic heterocycles. The van der Waals surface area contributed by atoms with Crippen molar-refractivity contribution in [3.05, 3.63) is 101 Å². The number of quaternary nitrogens is 1. The van der Waals surface area contributed by atoms with Gasteiger partial charge >= 0.3 is 0 Å². The number of benzene rings is 3. The van der Waals surface area contributed by atoms with Gasteiger partial charge in [0.2, 0.25) is 0 Å². The first-order valence-electron chi connectivity index (χ1n) is 11.2. The van der Waals surface area contributed by atoms with Gasteiger partial charge in [-0.1, -0.05) is 48.5 Å². The van der Waals surface area contributed by atoms with Crippen molar-refractivity contribution >= 4 is 10.9 Å². The van der Waals surface area contributed by atoms with Gasteiger partial charge in [0, 0.05) is 29.1 Å². The van der Waals surface area contributed by atoms with Gasteiger partial charge in [-0.3, -0.25) is 4.98 Å². The summed E-state index contributed by atoms with van der Waals surface area (Å²) in [6, 6.07) is 25.2. The third-order valence-corrected chi connectivity index (χ3v) is 6.41. The first-order valence-corrected chi connectivity index (χ1v) is 11.2. The molecule has 1 aromatic heterocycles. The van der Waals surface area contributed by atoms with E-state index in [1.165, 1.54) is 22.1 Å². The quantitative estimate of drug-likeness (QED) is 0.378. The number of para-hydroxylation sites is 1. The lowest BCUT2D eigenvalue weighted by molar-refractivity contribution is -0.937. The smallest absolute Gasteiger partial charge is 0.162 e. The summed E-state index contributed by atoms with van der Waals surface area (Å²) in [5.74, 6) is 1.63. The van der Waals surface area contributed by atoms with Gasteiger partial charge in [0.25, 0.3) is 0 Å². The molecule has 4 nitrogen and oxygen atoms in total. The lowest BCUT2D eigenvalue weighted by atomic mass is 9.96. The molecule has 0 aliphatic carbocycles. The predicted octanol–water partition coefficient (Wildman–Crippen LogP) is 2.53. The normalized spacial score (nSPS) is 17.2. The number of aromatic nitrogens is 1. The van der Waals surface area contributed by atoms with Crippen molar-refractivity contribution in [2.75, 3.05) is 20.7 Å². The van der Waals surface area contributed by atoms with Crippen LogP contribution in [0.3, 0.4) is 0 Å². The zero-order valence-electron chi connectivity index (χ0n) is 19.1. The van der Waals surface area contributed by atoms with Crippen LogP contribution in [0.4, 0.5) is 0 Å². The molecule has 1 unspecified atom stereocenters. The van der Waals surface area contributed by atoms with Crippen LogP contribution < -0.4 is 26.5 Å². The number of halogens is 1. The third-order valence-electron chi connectivity index (χ3n) is 6.41. The molecule has 1 aliphatic rings. The van der Waals surface area contributed by atoms with E-state index in [1.54, 1.807) is 7.11 Å². The van der Waals surface area contributed by atoms with Crippen molar-refractivity contribution in [1.82, 2.24) is 4.98 Å². The van der Waals surface area contributed by atoms with Crippen LogP contribution in [0.25, 0.3) is 10.9 Å². The fraction of sp³-hybridized carbons (Fsp3) is 0.250. The van der Waals surface area contributed by atoms with Gasteiger partial charge < -0.3 is 30.9 Å². The number of rotatable bonds is 6. The van der Waals surface area contributed by atoms with E-state index in [9.17, 15) is 0 Å². The summed E-state index contributed by atoms with van der Waals surface area (Å²) in [4.78, 5) is 4.67. The molecule has 2 heterocycles. The van der Waals surface area contributed by atoms with E-state index in [2.05, 4.69) is 60.6 Å². The molecule has 0 saturated heterocycles. The summed E-state index contributed by atoms with van der Waals surface area (Å²) in [7, 11) is 4.06. The molecule has 5 rings (SSSR count). The number of nitrogens with zero attached hydrogens (tertiary/aromatic N) is 2. The topological polar surface area (TPSA) is 31.4 Å². The second kappa shape index (κ2) is 9.94. The largest absolute Gasteiger partial charge is 1.00 e. The molecule has 0 fully saturated rings. The van der Waals surface area contributed by atoms with Gasteiger partial charge in [0.1, 0.15) is 19.7 Å². The van der Waals surface area contributed by atoms with Crippen LogP contribution in [0.5, 0.6) is 11.5 Å². The number of ether oxygens (including phenoxy) is 2. The molecule has 4 aromatic rings. The summed E-state index contributed by atoms with van der Waals surface area (Å²) in [6.07, 6.45) is 3.06. The number of likely N-dealkylation sites (N-methyl/N-ethyl adjacent to an activating group) is 1. The van der Waals surface area contributed by atoms with Gasteiger partial charge in [-0.25, -0.2) is 0 Å². The molecular formula is C28H29BrN2O2. The van der Waals surface area contributed by atoms with Crippen molar-refractivity contribution in [2.24, 2.45) is 0 Å². The Labute approximate surface area is 206 Å². The highest BCUT2D eigenvalue weighted by atomic mass is 79.9. The lowest BCUT2D eigenvalue weighted by Gasteiger charge is -2.39. The fourth-order valence-electron chi connectivity index (χ4n) is 4.69. The average Bonchev–Trinajstić information content (AvgIpc) is 2.82. The first-order chi connectivity index (χ1) is 15.6. The predicted molar refractivity (Wildman–Crippen MR) is 128 cm³/mol. The molecule has 170 valence electrons. The zero-order chi connectivity index (χ0) is 22.0. The standard InChI is InChI=1S/C28H29N2O2.BrH/c1-30(18-22-14-24-10-6-7-11-26(24)29-17-22)13-12-23-15-27(31-2)28(16-25(23)19-30)32-20-21-8-4-3-5-9-21;/h3-11,14-17H,12-13,18-20H2,1-2H3;1H/q+1;/p-1. The van der Waals surface area contributed by atoms with E-state index >= 15 is 0 Å². The van der Waals surface area contributed by atoms with Gasteiger partial charge in [-0.15, -0.1) is 0 Å². The second-order valence-electron chi connectivity index (χ2n) is 8.99. The van der Waals surface area contributed by atoms with E-state index in [0.29, 0.717) is 6.61 Å². The monoisotopic (exact) mass is 504 g/mol. The minimum absolute atomic E-state index is 0.